The molecule has 0 aromatic rings. The van der Waals surface area contributed by atoms with Crippen molar-refractivity contribution in [2.75, 3.05) is 26.3 Å². The number of carbonyl (C=O) groups excluding carboxylic acids is 1. The number of unbranched alkanes of at least 4 members (excludes halogenated alkanes) is 3. The number of amides is 1. The van der Waals surface area contributed by atoms with Gasteiger partial charge < -0.3 is 15.4 Å². The Bertz CT molecular complexity index is 179. The van der Waals surface area contributed by atoms with Crippen LogP contribution in [0.15, 0.2) is 0 Å². The summed E-state index contributed by atoms with van der Waals surface area (Å²) in [6.45, 7) is 4.95. The number of hydrogen-bond acceptors (Lipinski definition) is 3. The lowest BCUT2D eigenvalue weighted by molar-refractivity contribution is -0.125. The van der Waals surface area contributed by atoms with Crippen molar-refractivity contribution in [3.63, 3.8) is 0 Å². The van der Waals surface area contributed by atoms with Crippen LogP contribution < -0.4 is 10.6 Å². The van der Waals surface area contributed by atoms with Gasteiger partial charge in [-0.3, -0.25) is 4.79 Å². The molecule has 1 fully saturated rings. The predicted molar refractivity (Wildman–Crippen MR) is 59.8 cm³/mol. The van der Waals surface area contributed by atoms with Crippen molar-refractivity contribution in [1.29, 1.82) is 0 Å². The molecule has 1 atom stereocenters. The van der Waals surface area contributed by atoms with Gasteiger partial charge in [0.25, 0.3) is 0 Å². The molecule has 1 saturated heterocycles. The minimum atomic E-state index is -0.148. The van der Waals surface area contributed by atoms with Crippen molar-refractivity contribution in [2.24, 2.45) is 0 Å². The van der Waals surface area contributed by atoms with E-state index in [0.717, 1.165) is 19.5 Å². The van der Waals surface area contributed by atoms with Gasteiger partial charge in [0.1, 0.15) is 6.04 Å². The van der Waals surface area contributed by atoms with Gasteiger partial charge in [-0.15, -0.1) is 0 Å². The number of ether oxygens (including phenoxy) is 1. The highest BCUT2D eigenvalue weighted by Crippen LogP contribution is 1.98. The van der Waals surface area contributed by atoms with Gasteiger partial charge in [0.2, 0.25) is 5.91 Å². The fourth-order valence-corrected chi connectivity index (χ4v) is 1.62. The second-order valence-corrected chi connectivity index (χ2v) is 3.93. The lowest BCUT2D eigenvalue weighted by atomic mass is 10.2. The Labute approximate surface area is 91.8 Å². The molecule has 0 spiro atoms. The molecule has 0 saturated carbocycles. The van der Waals surface area contributed by atoms with E-state index >= 15 is 0 Å². The molecule has 1 unspecified atom stereocenters. The Kier molecular flexibility index (Phi) is 6.36. The number of nitrogens with one attached hydrogen (secondary N) is 2. The maximum Gasteiger partial charge on any atom is 0.239 e. The zero-order valence-electron chi connectivity index (χ0n) is 9.55. The minimum Gasteiger partial charge on any atom is -0.378 e. The summed E-state index contributed by atoms with van der Waals surface area (Å²) in [6.07, 6.45) is 4.76. The third-order valence-corrected chi connectivity index (χ3v) is 2.57. The Morgan fingerprint density at radius 1 is 1.47 bits per heavy atom. The zero-order chi connectivity index (χ0) is 10.9. The molecule has 4 heteroatoms. The normalized spacial score (nSPS) is 21.3. The molecule has 15 heavy (non-hydrogen) atoms. The molecule has 0 aliphatic carbocycles. The van der Waals surface area contributed by atoms with Crippen LogP contribution in [0.2, 0.25) is 0 Å². The van der Waals surface area contributed by atoms with Crippen LogP contribution in [-0.2, 0) is 9.53 Å². The Balaban J connectivity index is 2.02. The van der Waals surface area contributed by atoms with Crippen LogP contribution in [-0.4, -0.2) is 38.3 Å². The molecule has 0 aromatic carbocycles. The van der Waals surface area contributed by atoms with E-state index in [9.17, 15) is 4.79 Å². The Morgan fingerprint density at radius 3 is 3.00 bits per heavy atom. The summed E-state index contributed by atoms with van der Waals surface area (Å²) < 4.78 is 5.22. The van der Waals surface area contributed by atoms with Gasteiger partial charge in [-0.2, -0.15) is 0 Å². The molecule has 1 aliphatic heterocycles. The van der Waals surface area contributed by atoms with Crippen molar-refractivity contribution in [3.05, 3.63) is 0 Å². The van der Waals surface area contributed by atoms with Crippen molar-refractivity contribution < 1.29 is 9.53 Å². The summed E-state index contributed by atoms with van der Waals surface area (Å²) in [4.78, 5) is 11.6. The van der Waals surface area contributed by atoms with E-state index in [4.69, 9.17) is 4.74 Å². The van der Waals surface area contributed by atoms with Crippen LogP contribution in [0.1, 0.15) is 32.6 Å². The minimum absolute atomic E-state index is 0.0752. The molecular formula is C11H22N2O2. The fraction of sp³-hybridized carbons (Fsp3) is 0.909. The lowest BCUT2D eigenvalue weighted by Crippen LogP contribution is -2.51. The molecule has 0 bridgehead atoms. The summed E-state index contributed by atoms with van der Waals surface area (Å²) in [5.74, 6) is 0.0752. The van der Waals surface area contributed by atoms with Crippen molar-refractivity contribution in [2.45, 2.75) is 38.6 Å². The zero-order valence-corrected chi connectivity index (χ0v) is 9.55. The van der Waals surface area contributed by atoms with Gasteiger partial charge >= 0.3 is 0 Å². The quantitative estimate of drug-likeness (QED) is 0.639. The van der Waals surface area contributed by atoms with E-state index in [1.165, 1.54) is 19.3 Å². The molecule has 2 N–H and O–H groups in total. The molecule has 1 aliphatic rings. The van der Waals surface area contributed by atoms with Gasteiger partial charge in [0, 0.05) is 13.1 Å². The standard InChI is InChI=1S/C11H22N2O2/c1-2-3-4-5-6-13-11(14)10-9-15-8-7-12-10/h10,12H,2-9H2,1H3,(H,13,14). The number of rotatable bonds is 6. The first-order valence-corrected chi connectivity index (χ1v) is 5.93. The summed E-state index contributed by atoms with van der Waals surface area (Å²) in [5, 5.41) is 6.06. The van der Waals surface area contributed by atoms with E-state index in [0.29, 0.717) is 13.2 Å². The third kappa shape index (κ3) is 5.14. The van der Waals surface area contributed by atoms with Crippen molar-refractivity contribution in [1.82, 2.24) is 10.6 Å². The largest absolute Gasteiger partial charge is 0.378 e. The van der Waals surface area contributed by atoms with Crippen LogP contribution in [0, 0.1) is 0 Å². The molecular weight excluding hydrogens is 192 g/mol. The molecule has 1 amide bonds. The Morgan fingerprint density at radius 2 is 2.33 bits per heavy atom. The highest BCUT2D eigenvalue weighted by atomic mass is 16.5. The second kappa shape index (κ2) is 7.65. The molecule has 0 aromatic heterocycles. The van der Waals surface area contributed by atoms with Crippen LogP contribution in [0.5, 0.6) is 0 Å². The Hall–Kier alpha value is -0.610. The maximum absolute atomic E-state index is 11.6. The smallest absolute Gasteiger partial charge is 0.239 e. The van der Waals surface area contributed by atoms with E-state index < -0.39 is 0 Å². The lowest BCUT2D eigenvalue weighted by Gasteiger charge is -2.22. The van der Waals surface area contributed by atoms with Crippen LogP contribution in [0.3, 0.4) is 0 Å². The second-order valence-electron chi connectivity index (χ2n) is 3.93. The SMILES string of the molecule is CCCCCCNC(=O)C1COCCN1. The van der Waals surface area contributed by atoms with E-state index in [1.54, 1.807) is 0 Å². The van der Waals surface area contributed by atoms with Crippen LogP contribution >= 0.6 is 0 Å². The average molecular weight is 214 g/mol. The summed E-state index contributed by atoms with van der Waals surface area (Å²) in [7, 11) is 0. The van der Waals surface area contributed by atoms with Crippen LogP contribution in [0.4, 0.5) is 0 Å². The topological polar surface area (TPSA) is 50.4 Å². The van der Waals surface area contributed by atoms with Crippen molar-refractivity contribution in [3.8, 4) is 0 Å². The molecule has 1 rings (SSSR count). The first kappa shape index (κ1) is 12.5. The summed E-state index contributed by atoms with van der Waals surface area (Å²) in [5.41, 5.74) is 0. The highest BCUT2D eigenvalue weighted by Gasteiger charge is 2.20. The monoisotopic (exact) mass is 214 g/mol. The van der Waals surface area contributed by atoms with Crippen LogP contribution in [0.25, 0.3) is 0 Å². The van der Waals surface area contributed by atoms with E-state index in [1.807, 2.05) is 0 Å². The number of carbonyl (C=O) groups is 1. The highest BCUT2D eigenvalue weighted by molar-refractivity contribution is 5.81. The number of hydrogen-bond donors (Lipinski definition) is 2. The summed E-state index contributed by atoms with van der Waals surface area (Å²) >= 11 is 0. The van der Waals surface area contributed by atoms with E-state index in [2.05, 4.69) is 17.6 Å². The van der Waals surface area contributed by atoms with Gasteiger partial charge in [0.15, 0.2) is 0 Å². The first-order valence-electron chi connectivity index (χ1n) is 5.93. The van der Waals surface area contributed by atoms with Gasteiger partial charge in [-0.05, 0) is 6.42 Å². The molecule has 1 heterocycles. The van der Waals surface area contributed by atoms with Crippen molar-refractivity contribution >= 4 is 5.91 Å². The average Bonchev–Trinajstić information content (AvgIpc) is 2.30. The maximum atomic E-state index is 11.6. The fourth-order valence-electron chi connectivity index (χ4n) is 1.62. The molecule has 4 nitrogen and oxygen atoms in total. The van der Waals surface area contributed by atoms with Gasteiger partial charge in [-0.1, -0.05) is 26.2 Å². The van der Waals surface area contributed by atoms with E-state index in [-0.39, 0.29) is 11.9 Å². The number of morpholine rings is 1. The third-order valence-electron chi connectivity index (χ3n) is 2.57. The molecule has 88 valence electrons. The predicted octanol–water partition coefficient (Wildman–Crippen LogP) is 0.671. The first-order chi connectivity index (χ1) is 7.34. The summed E-state index contributed by atoms with van der Waals surface area (Å²) in [6, 6.07) is -0.148. The van der Waals surface area contributed by atoms with Gasteiger partial charge in [0.05, 0.1) is 13.2 Å². The van der Waals surface area contributed by atoms with Gasteiger partial charge in [-0.25, -0.2) is 0 Å². The molecule has 0 radical (unpaired) electrons.